The smallest absolute Gasteiger partial charge is 0.0143 e. The number of halogens is 1. The van der Waals surface area contributed by atoms with E-state index in [1.165, 1.54) is 25.0 Å². The van der Waals surface area contributed by atoms with Gasteiger partial charge in [0.1, 0.15) is 0 Å². The molecule has 0 aliphatic heterocycles. The molecule has 1 nitrogen and oxygen atoms in total. The highest BCUT2D eigenvalue weighted by Crippen LogP contribution is 1.94. The number of unbranched alkanes of at least 4 members (excludes halogenated alkanes) is 2. The van der Waals surface area contributed by atoms with Crippen LogP contribution in [0.15, 0.2) is 11.8 Å². The summed E-state index contributed by atoms with van der Waals surface area (Å²) in [5.74, 6) is 0. The maximum Gasteiger partial charge on any atom is 0.0143 e. The SMILES string of the molecule is CCC=C(C)NCCCCC.Cl. The van der Waals surface area contributed by atoms with Crippen molar-refractivity contribution >= 4 is 12.4 Å². The summed E-state index contributed by atoms with van der Waals surface area (Å²) in [5, 5.41) is 3.38. The van der Waals surface area contributed by atoms with Crippen molar-refractivity contribution in [3.8, 4) is 0 Å². The first-order chi connectivity index (χ1) is 5.31. The summed E-state index contributed by atoms with van der Waals surface area (Å²) in [6, 6.07) is 0. The maximum absolute atomic E-state index is 3.38. The average Bonchev–Trinajstić information content (AvgIpc) is 1.99. The van der Waals surface area contributed by atoms with Crippen LogP contribution in [0.5, 0.6) is 0 Å². The first-order valence-electron chi connectivity index (χ1n) is 4.71. The fourth-order valence-electron chi connectivity index (χ4n) is 1.04. The molecule has 0 unspecified atom stereocenters. The first-order valence-corrected chi connectivity index (χ1v) is 4.71. The van der Waals surface area contributed by atoms with Crippen molar-refractivity contribution in [3.05, 3.63) is 11.8 Å². The lowest BCUT2D eigenvalue weighted by atomic mass is 10.2. The average molecular weight is 192 g/mol. The van der Waals surface area contributed by atoms with Crippen molar-refractivity contribution in [2.45, 2.75) is 46.5 Å². The van der Waals surface area contributed by atoms with Crippen molar-refractivity contribution in [1.29, 1.82) is 0 Å². The summed E-state index contributed by atoms with van der Waals surface area (Å²) in [5.41, 5.74) is 1.32. The third kappa shape index (κ3) is 9.83. The molecule has 0 saturated heterocycles. The summed E-state index contributed by atoms with van der Waals surface area (Å²) in [6.45, 7) is 7.66. The zero-order valence-corrected chi connectivity index (χ0v) is 9.34. The molecule has 2 heteroatoms. The van der Waals surface area contributed by atoms with Gasteiger partial charge in [0.15, 0.2) is 0 Å². The normalized spacial score (nSPS) is 10.8. The van der Waals surface area contributed by atoms with E-state index < -0.39 is 0 Å². The van der Waals surface area contributed by atoms with Gasteiger partial charge in [-0.15, -0.1) is 12.4 Å². The molecule has 0 atom stereocenters. The molecule has 0 aliphatic carbocycles. The number of allylic oxidation sites excluding steroid dienone is 2. The predicted octanol–water partition coefficient (Wildman–Crippen LogP) is 3.50. The number of hydrogen-bond acceptors (Lipinski definition) is 1. The third-order valence-corrected chi connectivity index (χ3v) is 1.69. The summed E-state index contributed by atoms with van der Waals surface area (Å²) in [7, 11) is 0. The van der Waals surface area contributed by atoms with Gasteiger partial charge >= 0.3 is 0 Å². The van der Waals surface area contributed by atoms with Gasteiger partial charge in [0.25, 0.3) is 0 Å². The molecule has 0 heterocycles. The molecule has 12 heavy (non-hydrogen) atoms. The lowest BCUT2D eigenvalue weighted by molar-refractivity contribution is 0.666. The van der Waals surface area contributed by atoms with Crippen LogP contribution in [0.4, 0.5) is 0 Å². The highest BCUT2D eigenvalue weighted by atomic mass is 35.5. The van der Waals surface area contributed by atoms with Gasteiger partial charge in [0.05, 0.1) is 0 Å². The van der Waals surface area contributed by atoms with E-state index in [-0.39, 0.29) is 12.4 Å². The number of rotatable bonds is 6. The Balaban J connectivity index is 0. The van der Waals surface area contributed by atoms with Crippen LogP contribution >= 0.6 is 12.4 Å². The van der Waals surface area contributed by atoms with Gasteiger partial charge in [-0.2, -0.15) is 0 Å². The Labute approximate surface area is 83.0 Å². The molecule has 74 valence electrons. The molecule has 0 aliphatic rings. The van der Waals surface area contributed by atoms with Crippen LogP contribution in [-0.4, -0.2) is 6.54 Å². The standard InChI is InChI=1S/C10H21N.ClH/c1-4-6-7-9-11-10(3)8-5-2;/h8,11H,4-7,9H2,1-3H3;1H. The number of hydrogen-bond donors (Lipinski definition) is 1. The van der Waals surface area contributed by atoms with Crippen molar-refractivity contribution in [2.75, 3.05) is 6.54 Å². The molecule has 0 aromatic rings. The van der Waals surface area contributed by atoms with Gasteiger partial charge in [0, 0.05) is 12.2 Å². The van der Waals surface area contributed by atoms with E-state index in [4.69, 9.17) is 0 Å². The van der Waals surface area contributed by atoms with E-state index in [0.717, 1.165) is 13.0 Å². The summed E-state index contributed by atoms with van der Waals surface area (Å²) < 4.78 is 0. The molecular weight excluding hydrogens is 170 g/mol. The minimum absolute atomic E-state index is 0. The zero-order chi connectivity index (χ0) is 8.53. The predicted molar refractivity (Wildman–Crippen MR) is 58.8 cm³/mol. The van der Waals surface area contributed by atoms with Crippen LogP contribution in [0.3, 0.4) is 0 Å². The van der Waals surface area contributed by atoms with Gasteiger partial charge in [-0.1, -0.05) is 32.8 Å². The minimum atomic E-state index is 0. The lowest BCUT2D eigenvalue weighted by Gasteiger charge is -2.04. The molecule has 0 aromatic carbocycles. The quantitative estimate of drug-likeness (QED) is 0.634. The lowest BCUT2D eigenvalue weighted by Crippen LogP contribution is -2.12. The Hall–Kier alpha value is -0.170. The molecular formula is C10H22ClN. The van der Waals surface area contributed by atoms with Crippen molar-refractivity contribution in [3.63, 3.8) is 0 Å². The van der Waals surface area contributed by atoms with Gasteiger partial charge < -0.3 is 5.32 Å². The van der Waals surface area contributed by atoms with E-state index >= 15 is 0 Å². The zero-order valence-electron chi connectivity index (χ0n) is 8.52. The van der Waals surface area contributed by atoms with Crippen LogP contribution < -0.4 is 5.32 Å². The second kappa shape index (κ2) is 10.8. The fourth-order valence-corrected chi connectivity index (χ4v) is 1.04. The molecule has 0 rings (SSSR count). The van der Waals surface area contributed by atoms with Crippen molar-refractivity contribution in [2.24, 2.45) is 0 Å². The van der Waals surface area contributed by atoms with E-state index in [0.29, 0.717) is 0 Å². The van der Waals surface area contributed by atoms with Gasteiger partial charge in [-0.05, 0) is 19.8 Å². The van der Waals surface area contributed by atoms with Gasteiger partial charge in [-0.3, -0.25) is 0 Å². The minimum Gasteiger partial charge on any atom is -0.389 e. The Morgan fingerprint density at radius 3 is 2.42 bits per heavy atom. The van der Waals surface area contributed by atoms with Crippen LogP contribution in [0.1, 0.15) is 46.5 Å². The largest absolute Gasteiger partial charge is 0.389 e. The van der Waals surface area contributed by atoms with Crippen LogP contribution in [0, 0.1) is 0 Å². The van der Waals surface area contributed by atoms with Gasteiger partial charge in [-0.25, -0.2) is 0 Å². The molecule has 0 aromatic heterocycles. The Morgan fingerprint density at radius 2 is 1.92 bits per heavy atom. The van der Waals surface area contributed by atoms with E-state index in [1.54, 1.807) is 0 Å². The monoisotopic (exact) mass is 191 g/mol. The van der Waals surface area contributed by atoms with E-state index in [1.807, 2.05) is 0 Å². The molecule has 0 amide bonds. The molecule has 0 saturated carbocycles. The van der Waals surface area contributed by atoms with Crippen LogP contribution in [0.2, 0.25) is 0 Å². The number of nitrogens with one attached hydrogen (secondary N) is 1. The Morgan fingerprint density at radius 1 is 1.25 bits per heavy atom. The Kier molecular flexibility index (Phi) is 13.0. The fraction of sp³-hybridized carbons (Fsp3) is 0.800. The third-order valence-electron chi connectivity index (χ3n) is 1.69. The van der Waals surface area contributed by atoms with Gasteiger partial charge in [0.2, 0.25) is 0 Å². The Bertz CT molecular complexity index is 110. The molecule has 0 radical (unpaired) electrons. The topological polar surface area (TPSA) is 12.0 Å². The highest BCUT2D eigenvalue weighted by Gasteiger charge is 1.86. The molecule has 0 bridgehead atoms. The van der Waals surface area contributed by atoms with E-state index in [2.05, 4.69) is 32.2 Å². The molecule has 0 fully saturated rings. The summed E-state index contributed by atoms with van der Waals surface area (Å²) in [6.07, 6.45) is 7.30. The first kappa shape index (κ1) is 14.4. The van der Waals surface area contributed by atoms with Crippen LogP contribution in [0.25, 0.3) is 0 Å². The van der Waals surface area contributed by atoms with Crippen LogP contribution in [-0.2, 0) is 0 Å². The molecule has 1 N–H and O–H groups in total. The summed E-state index contributed by atoms with van der Waals surface area (Å²) >= 11 is 0. The second-order valence-corrected chi connectivity index (χ2v) is 2.93. The maximum atomic E-state index is 3.38. The van der Waals surface area contributed by atoms with Crippen molar-refractivity contribution in [1.82, 2.24) is 5.32 Å². The highest BCUT2D eigenvalue weighted by molar-refractivity contribution is 5.85. The van der Waals surface area contributed by atoms with E-state index in [9.17, 15) is 0 Å². The van der Waals surface area contributed by atoms with Crippen molar-refractivity contribution < 1.29 is 0 Å². The second-order valence-electron chi connectivity index (χ2n) is 2.93. The molecule has 0 spiro atoms. The summed E-state index contributed by atoms with van der Waals surface area (Å²) in [4.78, 5) is 0.